The Morgan fingerprint density at radius 3 is 1.42 bits per heavy atom. The molecule has 6 heteroatoms. The molecule has 70 valence electrons. The van der Waals surface area contributed by atoms with Crippen LogP contribution in [0.1, 0.15) is 13.8 Å². The van der Waals surface area contributed by atoms with Gasteiger partial charge < -0.3 is 20.8 Å². The lowest BCUT2D eigenvalue weighted by molar-refractivity contribution is -0.131. The molecule has 0 bridgehead atoms. The van der Waals surface area contributed by atoms with Crippen molar-refractivity contribution < 1.29 is 19.8 Å². The number of carbonyl (C=O) groups is 2. The maximum atomic E-state index is 10.3. The average Bonchev–Trinajstić information content (AvgIpc) is 1.84. The Morgan fingerprint density at radius 2 is 1.25 bits per heavy atom. The number of aliphatic hydroxyl groups is 2. The van der Waals surface area contributed by atoms with Gasteiger partial charge in [-0.1, -0.05) is 0 Å². The molecule has 2 atom stereocenters. The molecule has 0 fully saturated rings. The maximum absolute atomic E-state index is 10.3. The number of hydrogen-bond acceptors (Lipinski definition) is 4. The van der Waals surface area contributed by atoms with E-state index < -0.39 is 24.3 Å². The van der Waals surface area contributed by atoms with E-state index in [1.54, 1.807) is 0 Å². The molecule has 0 heterocycles. The Morgan fingerprint density at radius 1 is 1.00 bits per heavy atom. The van der Waals surface area contributed by atoms with Crippen molar-refractivity contribution in [3.05, 3.63) is 0 Å². The smallest absolute Gasteiger partial charge is 0.218 e. The Hall–Kier alpha value is -1.14. The van der Waals surface area contributed by atoms with Gasteiger partial charge in [-0.2, -0.15) is 0 Å². The highest BCUT2D eigenvalue weighted by Crippen LogP contribution is 1.84. The zero-order valence-corrected chi connectivity index (χ0v) is 6.87. The molecule has 0 rings (SSSR count). The lowest BCUT2D eigenvalue weighted by Crippen LogP contribution is -2.50. The topological polar surface area (TPSA) is 98.7 Å². The third-order valence-corrected chi connectivity index (χ3v) is 1.00. The molecule has 0 saturated carbocycles. The van der Waals surface area contributed by atoms with Crippen LogP contribution in [0.5, 0.6) is 0 Å². The summed E-state index contributed by atoms with van der Waals surface area (Å²) in [5.41, 5.74) is 0. The van der Waals surface area contributed by atoms with E-state index >= 15 is 0 Å². The second-order valence-corrected chi connectivity index (χ2v) is 2.29. The minimum atomic E-state index is -1.48. The lowest BCUT2D eigenvalue weighted by atomic mass is 10.4. The minimum absolute atomic E-state index is 0.494. The predicted octanol–water partition coefficient (Wildman–Crippen LogP) is -2.10. The molecule has 0 aromatic heterocycles. The van der Waals surface area contributed by atoms with Crippen LogP contribution in [0, 0.1) is 0 Å². The number of nitrogens with one attached hydrogen (secondary N) is 2. The lowest BCUT2D eigenvalue weighted by Gasteiger charge is -2.18. The van der Waals surface area contributed by atoms with E-state index in [1.807, 2.05) is 10.6 Å². The van der Waals surface area contributed by atoms with Crippen molar-refractivity contribution in [1.82, 2.24) is 10.6 Å². The molecule has 0 unspecified atom stereocenters. The van der Waals surface area contributed by atoms with Gasteiger partial charge >= 0.3 is 0 Å². The first-order valence-corrected chi connectivity index (χ1v) is 3.34. The molecule has 0 spiro atoms. The van der Waals surface area contributed by atoms with E-state index in [4.69, 9.17) is 10.2 Å². The van der Waals surface area contributed by atoms with E-state index in [-0.39, 0.29) is 0 Å². The molecule has 0 aliphatic carbocycles. The molecule has 0 saturated heterocycles. The second-order valence-electron chi connectivity index (χ2n) is 2.29. The first-order chi connectivity index (χ1) is 5.43. The fourth-order valence-corrected chi connectivity index (χ4v) is 0.574. The van der Waals surface area contributed by atoms with Gasteiger partial charge in [0.25, 0.3) is 0 Å². The van der Waals surface area contributed by atoms with E-state index in [2.05, 4.69) is 0 Å². The van der Waals surface area contributed by atoms with Crippen LogP contribution in [-0.4, -0.2) is 34.5 Å². The molecule has 2 amide bonds. The van der Waals surface area contributed by atoms with E-state index in [9.17, 15) is 9.59 Å². The Kier molecular flexibility index (Phi) is 4.24. The molecule has 4 N–H and O–H groups in total. The van der Waals surface area contributed by atoms with Crippen molar-refractivity contribution in [2.45, 2.75) is 26.3 Å². The second kappa shape index (κ2) is 4.68. The Bertz CT molecular complexity index is 162. The maximum Gasteiger partial charge on any atom is 0.218 e. The summed E-state index contributed by atoms with van der Waals surface area (Å²) in [7, 11) is 0. The van der Waals surface area contributed by atoms with Crippen molar-refractivity contribution in [3.8, 4) is 0 Å². The van der Waals surface area contributed by atoms with Crippen LogP contribution in [0.4, 0.5) is 0 Å². The Balaban J connectivity index is 3.83. The predicted molar refractivity (Wildman–Crippen MR) is 39.6 cm³/mol. The van der Waals surface area contributed by atoms with Gasteiger partial charge in [-0.3, -0.25) is 9.59 Å². The molecule has 0 radical (unpaired) electrons. The number of carbonyl (C=O) groups excluding carboxylic acids is 2. The van der Waals surface area contributed by atoms with E-state index in [0.717, 1.165) is 0 Å². The van der Waals surface area contributed by atoms with Crippen molar-refractivity contribution >= 4 is 11.8 Å². The van der Waals surface area contributed by atoms with Crippen molar-refractivity contribution in [2.24, 2.45) is 0 Å². The van der Waals surface area contributed by atoms with Gasteiger partial charge in [0.1, 0.15) is 0 Å². The van der Waals surface area contributed by atoms with Gasteiger partial charge in [0.15, 0.2) is 12.5 Å². The van der Waals surface area contributed by atoms with Crippen LogP contribution in [0.2, 0.25) is 0 Å². The fourth-order valence-electron chi connectivity index (χ4n) is 0.574. The monoisotopic (exact) mass is 176 g/mol. The van der Waals surface area contributed by atoms with Gasteiger partial charge in [-0.05, 0) is 0 Å². The SMILES string of the molecule is CC(=O)N[C@H](O)[C@@H](O)NC(C)=O. The van der Waals surface area contributed by atoms with Gasteiger partial charge in [-0.25, -0.2) is 0 Å². The van der Waals surface area contributed by atoms with Crippen LogP contribution < -0.4 is 10.6 Å². The van der Waals surface area contributed by atoms with Gasteiger partial charge in [0, 0.05) is 13.8 Å². The summed E-state index contributed by atoms with van der Waals surface area (Å²) in [4.78, 5) is 20.7. The largest absolute Gasteiger partial charge is 0.369 e. The molecule has 6 nitrogen and oxygen atoms in total. The molecular weight excluding hydrogens is 164 g/mol. The van der Waals surface area contributed by atoms with Crippen molar-refractivity contribution in [3.63, 3.8) is 0 Å². The molecule has 0 aromatic carbocycles. The molecule has 0 aliphatic heterocycles. The number of aliphatic hydroxyl groups excluding tert-OH is 2. The fraction of sp³-hybridized carbons (Fsp3) is 0.667. The summed E-state index contributed by atoms with van der Waals surface area (Å²) in [6.45, 7) is 2.37. The van der Waals surface area contributed by atoms with Gasteiger partial charge in [0.2, 0.25) is 11.8 Å². The summed E-state index contributed by atoms with van der Waals surface area (Å²) in [6.07, 6.45) is -2.96. The zero-order chi connectivity index (χ0) is 9.72. The van der Waals surface area contributed by atoms with Crippen molar-refractivity contribution in [2.75, 3.05) is 0 Å². The summed E-state index contributed by atoms with van der Waals surface area (Å²) < 4.78 is 0. The highest BCUT2D eigenvalue weighted by atomic mass is 16.4. The quantitative estimate of drug-likeness (QED) is 0.370. The summed E-state index contributed by atoms with van der Waals surface area (Å²) in [5.74, 6) is -0.987. The highest BCUT2D eigenvalue weighted by Gasteiger charge is 2.16. The molecule has 12 heavy (non-hydrogen) atoms. The molecule has 0 aromatic rings. The number of amides is 2. The molecular formula is C6H12N2O4. The standard InChI is InChI=1S/C6H12N2O4/c1-3(9)7-5(11)6(12)8-4(2)10/h5-6,11-12H,1-2H3,(H,7,9)(H,8,10)/t5-,6-/m1/s1. The third kappa shape index (κ3) is 4.64. The van der Waals surface area contributed by atoms with Gasteiger partial charge in [0.05, 0.1) is 0 Å². The third-order valence-electron chi connectivity index (χ3n) is 1.00. The highest BCUT2D eigenvalue weighted by molar-refractivity contribution is 5.74. The minimum Gasteiger partial charge on any atom is -0.369 e. The summed E-state index contributed by atoms with van der Waals surface area (Å²) in [6, 6.07) is 0. The van der Waals surface area contributed by atoms with E-state index in [0.29, 0.717) is 0 Å². The number of hydrogen-bond donors (Lipinski definition) is 4. The van der Waals surface area contributed by atoms with Crippen molar-refractivity contribution in [1.29, 1.82) is 0 Å². The van der Waals surface area contributed by atoms with Crippen LogP contribution >= 0.6 is 0 Å². The first-order valence-electron chi connectivity index (χ1n) is 3.34. The van der Waals surface area contributed by atoms with Crippen LogP contribution in [0.3, 0.4) is 0 Å². The van der Waals surface area contributed by atoms with E-state index in [1.165, 1.54) is 13.8 Å². The summed E-state index contributed by atoms with van der Waals surface area (Å²) >= 11 is 0. The van der Waals surface area contributed by atoms with Gasteiger partial charge in [-0.15, -0.1) is 0 Å². The zero-order valence-electron chi connectivity index (χ0n) is 6.87. The Labute approximate surface area is 69.6 Å². The van der Waals surface area contributed by atoms with Crippen LogP contribution in [0.25, 0.3) is 0 Å². The normalized spacial score (nSPS) is 14.7. The summed E-state index contributed by atoms with van der Waals surface area (Å²) in [5, 5.41) is 21.9. The first kappa shape index (κ1) is 10.9. The van der Waals surface area contributed by atoms with Crippen LogP contribution in [-0.2, 0) is 9.59 Å². The molecule has 0 aliphatic rings. The average molecular weight is 176 g/mol. The van der Waals surface area contributed by atoms with Crippen LogP contribution in [0.15, 0.2) is 0 Å². The number of rotatable bonds is 3.